The third-order valence-electron chi connectivity index (χ3n) is 3.46. The lowest BCUT2D eigenvalue weighted by molar-refractivity contribution is 0.100. The summed E-state index contributed by atoms with van der Waals surface area (Å²) < 4.78 is 0. The van der Waals surface area contributed by atoms with Gasteiger partial charge in [0.1, 0.15) is 0 Å². The van der Waals surface area contributed by atoms with Crippen LogP contribution in [0.15, 0.2) is 0 Å². The van der Waals surface area contributed by atoms with Crippen molar-refractivity contribution < 1.29 is 4.79 Å². The minimum Gasteiger partial charge on any atom is -0.390 e. The molecule has 4 heteroatoms. The average Bonchev–Trinajstić information content (AvgIpc) is 2.70. The normalized spacial score (nSPS) is 28.0. The summed E-state index contributed by atoms with van der Waals surface area (Å²) in [6.07, 6.45) is 3.67. The molecule has 1 aromatic heterocycles. The van der Waals surface area contributed by atoms with E-state index in [1.54, 1.807) is 11.3 Å². The van der Waals surface area contributed by atoms with Gasteiger partial charge in [0.2, 0.25) is 0 Å². The van der Waals surface area contributed by atoms with E-state index in [1.807, 2.05) is 0 Å². The van der Waals surface area contributed by atoms with Crippen molar-refractivity contribution in [3.8, 4) is 0 Å². The molecule has 3 nitrogen and oxygen atoms in total. The van der Waals surface area contributed by atoms with Gasteiger partial charge in [-0.1, -0.05) is 0 Å². The fraction of sp³-hybridized carbons (Fsp3) is 0.500. The third kappa shape index (κ3) is 0.843. The van der Waals surface area contributed by atoms with E-state index < -0.39 is 0 Å². The molecule has 3 rings (SSSR count). The van der Waals surface area contributed by atoms with Crippen molar-refractivity contribution >= 4 is 22.2 Å². The molecule has 1 saturated carbocycles. The molecule has 0 spiro atoms. The highest BCUT2D eigenvalue weighted by molar-refractivity contribution is 7.16. The van der Waals surface area contributed by atoms with Crippen molar-refractivity contribution in [1.82, 2.24) is 0 Å². The number of hydrogen-bond acceptors (Lipinski definition) is 3. The van der Waals surface area contributed by atoms with E-state index in [9.17, 15) is 4.79 Å². The zero-order valence-electron chi connectivity index (χ0n) is 7.75. The minimum atomic E-state index is -0.354. The Morgan fingerprint density at radius 2 is 2.07 bits per heavy atom. The molecule has 2 atom stereocenters. The Labute approximate surface area is 86.1 Å². The third-order valence-corrected chi connectivity index (χ3v) is 4.66. The lowest BCUT2D eigenvalue weighted by Gasteiger charge is -2.10. The molecule has 0 aromatic carbocycles. The monoisotopic (exact) mass is 208 g/mol. The SMILES string of the molecule is NC(=O)c1c(N)sc2c1C1CCC2C1. The van der Waals surface area contributed by atoms with Gasteiger partial charge in [-0.2, -0.15) is 0 Å². The van der Waals surface area contributed by atoms with Crippen molar-refractivity contribution in [2.75, 3.05) is 5.73 Å². The molecule has 2 aliphatic carbocycles. The molecule has 1 fully saturated rings. The van der Waals surface area contributed by atoms with Crippen LogP contribution in [0.4, 0.5) is 5.00 Å². The molecule has 1 heterocycles. The highest BCUT2D eigenvalue weighted by atomic mass is 32.1. The maximum Gasteiger partial charge on any atom is 0.251 e. The van der Waals surface area contributed by atoms with E-state index in [1.165, 1.54) is 29.7 Å². The lowest BCUT2D eigenvalue weighted by atomic mass is 9.95. The van der Waals surface area contributed by atoms with Gasteiger partial charge in [0, 0.05) is 4.88 Å². The van der Waals surface area contributed by atoms with E-state index in [0.29, 0.717) is 22.4 Å². The second-order valence-electron chi connectivity index (χ2n) is 4.19. The number of amides is 1. The summed E-state index contributed by atoms with van der Waals surface area (Å²) in [7, 11) is 0. The number of carbonyl (C=O) groups is 1. The van der Waals surface area contributed by atoms with E-state index in [0.717, 1.165) is 0 Å². The number of primary amides is 1. The summed E-state index contributed by atoms with van der Waals surface area (Å²) in [5, 5.41) is 0.624. The lowest BCUT2D eigenvalue weighted by Crippen LogP contribution is -2.15. The molecule has 14 heavy (non-hydrogen) atoms. The van der Waals surface area contributed by atoms with Crippen molar-refractivity contribution in [2.45, 2.75) is 31.1 Å². The summed E-state index contributed by atoms with van der Waals surface area (Å²) >= 11 is 1.57. The van der Waals surface area contributed by atoms with Gasteiger partial charge in [-0.25, -0.2) is 0 Å². The molecule has 2 unspecified atom stereocenters. The number of anilines is 1. The van der Waals surface area contributed by atoms with Crippen LogP contribution in [0.3, 0.4) is 0 Å². The summed E-state index contributed by atoms with van der Waals surface area (Å²) in [6, 6.07) is 0. The predicted octanol–water partition coefficient (Wildman–Crippen LogP) is 1.79. The molecule has 1 amide bonds. The number of hydrogen-bond donors (Lipinski definition) is 2. The molecule has 74 valence electrons. The van der Waals surface area contributed by atoms with Gasteiger partial charge in [-0.3, -0.25) is 4.79 Å². The van der Waals surface area contributed by atoms with Gasteiger partial charge >= 0.3 is 0 Å². The van der Waals surface area contributed by atoms with E-state index in [2.05, 4.69) is 0 Å². The van der Waals surface area contributed by atoms with E-state index in [4.69, 9.17) is 11.5 Å². The second kappa shape index (κ2) is 2.51. The smallest absolute Gasteiger partial charge is 0.251 e. The molecular formula is C10H12N2OS. The molecular weight excluding hydrogens is 196 g/mol. The standard InChI is InChI=1S/C10H12N2OS/c11-9(13)7-6-4-1-2-5(3-4)8(6)14-10(7)12/h4-5H,1-3,12H2,(H2,11,13). The quantitative estimate of drug-likeness (QED) is 0.738. The van der Waals surface area contributed by atoms with Crippen molar-refractivity contribution in [3.05, 3.63) is 16.0 Å². The van der Waals surface area contributed by atoms with Gasteiger partial charge in [0.05, 0.1) is 10.6 Å². The number of carbonyl (C=O) groups excluding carboxylic acids is 1. The molecule has 2 bridgehead atoms. The van der Waals surface area contributed by atoms with Crippen LogP contribution >= 0.6 is 11.3 Å². The first-order chi connectivity index (χ1) is 6.68. The van der Waals surface area contributed by atoms with E-state index in [-0.39, 0.29) is 5.91 Å². The molecule has 2 aliphatic rings. The first-order valence-electron chi connectivity index (χ1n) is 4.90. The second-order valence-corrected chi connectivity index (χ2v) is 5.27. The largest absolute Gasteiger partial charge is 0.390 e. The number of fused-ring (bicyclic) bond motifs is 5. The van der Waals surface area contributed by atoms with Crippen LogP contribution in [-0.2, 0) is 0 Å². The zero-order chi connectivity index (χ0) is 9.87. The van der Waals surface area contributed by atoms with Crippen LogP contribution in [0.5, 0.6) is 0 Å². The summed E-state index contributed by atoms with van der Waals surface area (Å²) in [5.41, 5.74) is 13.0. The Hall–Kier alpha value is -1.03. The number of nitrogens with two attached hydrogens (primary N) is 2. The Bertz CT molecular complexity index is 424. The zero-order valence-corrected chi connectivity index (χ0v) is 8.56. The fourth-order valence-electron chi connectivity index (χ4n) is 2.92. The highest BCUT2D eigenvalue weighted by Crippen LogP contribution is 2.58. The van der Waals surface area contributed by atoms with Gasteiger partial charge in [0.25, 0.3) is 5.91 Å². The summed E-state index contributed by atoms with van der Waals surface area (Å²) in [4.78, 5) is 12.6. The van der Waals surface area contributed by atoms with Gasteiger partial charge in [0.15, 0.2) is 0 Å². The van der Waals surface area contributed by atoms with E-state index >= 15 is 0 Å². The van der Waals surface area contributed by atoms with Crippen LogP contribution in [0.1, 0.15) is 51.9 Å². The van der Waals surface area contributed by atoms with Crippen LogP contribution in [0.2, 0.25) is 0 Å². The van der Waals surface area contributed by atoms with Crippen LogP contribution < -0.4 is 11.5 Å². The number of thiophene rings is 1. The summed E-state index contributed by atoms with van der Waals surface area (Å²) in [5.74, 6) is 0.869. The maximum absolute atomic E-state index is 11.3. The fourth-order valence-corrected chi connectivity index (χ4v) is 4.23. The first kappa shape index (κ1) is 8.29. The first-order valence-corrected chi connectivity index (χ1v) is 5.72. The molecule has 0 saturated heterocycles. The molecule has 0 radical (unpaired) electrons. The molecule has 0 aliphatic heterocycles. The Balaban J connectivity index is 2.24. The van der Waals surface area contributed by atoms with Gasteiger partial charge < -0.3 is 11.5 Å². The Morgan fingerprint density at radius 1 is 1.36 bits per heavy atom. The average molecular weight is 208 g/mol. The minimum absolute atomic E-state index is 0.354. The Kier molecular flexibility index (Phi) is 1.49. The van der Waals surface area contributed by atoms with Crippen LogP contribution in [0.25, 0.3) is 0 Å². The van der Waals surface area contributed by atoms with Gasteiger partial charge in [-0.15, -0.1) is 11.3 Å². The number of rotatable bonds is 1. The van der Waals surface area contributed by atoms with Crippen molar-refractivity contribution in [2.24, 2.45) is 5.73 Å². The molecule has 4 N–H and O–H groups in total. The number of nitrogen functional groups attached to an aromatic ring is 1. The highest BCUT2D eigenvalue weighted by Gasteiger charge is 2.42. The van der Waals surface area contributed by atoms with Crippen molar-refractivity contribution in [3.63, 3.8) is 0 Å². The maximum atomic E-state index is 11.3. The van der Waals surface area contributed by atoms with Crippen LogP contribution in [0, 0.1) is 0 Å². The van der Waals surface area contributed by atoms with Crippen LogP contribution in [-0.4, -0.2) is 5.91 Å². The topological polar surface area (TPSA) is 69.1 Å². The van der Waals surface area contributed by atoms with Gasteiger partial charge in [-0.05, 0) is 36.7 Å². The predicted molar refractivity (Wildman–Crippen MR) is 56.6 cm³/mol. The van der Waals surface area contributed by atoms with Crippen molar-refractivity contribution in [1.29, 1.82) is 0 Å². The molecule has 1 aromatic rings. The Morgan fingerprint density at radius 3 is 2.79 bits per heavy atom. The summed E-state index contributed by atoms with van der Waals surface area (Å²) in [6.45, 7) is 0.